The van der Waals surface area contributed by atoms with Crippen LogP contribution < -0.4 is 5.32 Å². The maximum Gasteiger partial charge on any atom is 0.288 e. The van der Waals surface area contributed by atoms with E-state index >= 15 is 0 Å². The van der Waals surface area contributed by atoms with Crippen molar-refractivity contribution >= 4 is 35.1 Å². The van der Waals surface area contributed by atoms with Gasteiger partial charge < -0.3 is 5.32 Å². The highest BCUT2D eigenvalue weighted by atomic mass is 32.2. The number of amides is 1. The molecule has 0 fully saturated rings. The number of rotatable bonds is 7. The molecule has 146 valence electrons. The number of carbonyl (C=O) groups is 1. The summed E-state index contributed by atoms with van der Waals surface area (Å²) in [4.78, 5) is 12.6. The number of hydrogen-bond acceptors (Lipinski definition) is 6. The molecular weight excluding hydrogens is 404 g/mol. The fourth-order valence-electron chi connectivity index (χ4n) is 2.55. The lowest BCUT2D eigenvalue weighted by Crippen LogP contribution is -2.15. The van der Waals surface area contributed by atoms with Gasteiger partial charge in [-0.2, -0.15) is 13.5 Å². The molecule has 0 bridgehead atoms. The van der Waals surface area contributed by atoms with E-state index in [4.69, 9.17) is 0 Å². The molecule has 0 atom stereocenters. The second-order valence-electron chi connectivity index (χ2n) is 5.87. The number of nitrogens with one attached hydrogen (secondary N) is 1. The van der Waals surface area contributed by atoms with Gasteiger partial charge in [0, 0.05) is 4.90 Å². The molecule has 0 aliphatic rings. The van der Waals surface area contributed by atoms with Crippen LogP contribution in [0.5, 0.6) is 0 Å². The van der Waals surface area contributed by atoms with Crippen LogP contribution in [-0.4, -0.2) is 37.6 Å². The average molecular weight is 421 g/mol. The Kier molecular flexibility index (Phi) is 6.63. The van der Waals surface area contributed by atoms with E-state index in [2.05, 4.69) is 20.8 Å². The van der Waals surface area contributed by atoms with Crippen molar-refractivity contribution in [2.75, 3.05) is 11.1 Å². The van der Waals surface area contributed by atoms with E-state index in [1.165, 1.54) is 11.8 Å². The van der Waals surface area contributed by atoms with Crippen molar-refractivity contribution in [3.05, 3.63) is 53.6 Å². The second-order valence-corrected chi connectivity index (χ2v) is 7.85. The summed E-state index contributed by atoms with van der Waals surface area (Å²) in [5.74, 6) is -2.85. The summed E-state index contributed by atoms with van der Waals surface area (Å²) in [5.41, 5.74) is 3.32. The number of benzene rings is 2. The van der Waals surface area contributed by atoms with Gasteiger partial charge in [-0.15, -0.1) is 5.10 Å². The van der Waals surface area contributed by atoms with Crippen molar-refractivity contribution in [1.82, 2.24) is 20.2 Å². The quantitative estimate of drug-likeness (QED) is 0.573. The maximum absolute atomic E-state index is 12.7. The Morgan fingerprint density at radius 2 is 2.00 bits per heavy atom. The average Bonchev–Trinajstić information content (AvgIpc) is 3.09. The Balaban J connectivity index is 1.68. The van der Waals surface area contributed by atoms with Crippen molar-refractivity contribution in [2.24, 2.45) is 0 Å². The number of carbonyl (C=O) groups excluding carboxylic acids is 1. The Labute approximate surface area is 169 Å². The molecule has 1 aromatic heterocycles. The van der Waals surface area contributed by atoms with Crippen molar-refractivity contribution in [3.8, 4) is 5.69 Å². The van der Waals surface area contributed by atoms with E-state index in [9.17, 15) is 13.6 Å². The van der Waals surface area contributed by atoms with Crippen molar-refractivity contribution in [3.63, 3.8) is 0 Å². The largest absolute Gasteiger partial charge is 0.324 e. The van der Waals surface area contributed by atoms with Crippen LogP contribution in [0.3, 0.4) is 0 Å². The van der Waals surface area contributed by atoms with E-state index in [1.807, 2.05) is 32.0 Å². The van der Waals surface area contributed by atoms with Crippen LogP contribution in [0.2, 0.25) is 0 Å². The van der Waals surface area contributed by atoms with Crippen LogP contribution >= 0.6 is 23.5 Å². The molecule has 10 heteroatoms. The zero-order chi connectivity index (χ0) is 20.1. The van der Waals surface area contributed by atoms with Crippen molar-refractivity contribution in [2.45, 2.75) is 29.7 Å². The first-order valence-corrected chi connectivity index (χ1v) is 10.1. The molecule has 3 aromatic rings. The molecule has 6 nitrogen and oxygen atoms in total. The van der Waals surface area contributed by atoms with Gasteiger partial charge in [-0.3, -0.25) is 4.79 Å². The Bertz CT molecular complexity index is 980. The molecule has 0 aliphatic carbocycles. The summed E-state index contributed by atoms with van der Waals surface area (Å²) >= 11 is 1.56. The molecule has 3 rings (SSSR count). The number of thioether (sulfide) groups is 2. The van der Waals surface area contributed by atoms with Gasteiger partial charge in [0.05, 0.1) is 17.1 Å². The fourth-order valence-corrected chi connectivity index (χ4v) is 3.83. The van der Waals surface area contributed by atoms with Crippen LogP contribution in [-0.2, 0) is 4.79 Å². The maximum atomic E-state index is 12.7. The number of hydrogen-bond donors (Lipinski definition) is 1. The number of aryl methyl sites for hydroxylation is 2. The molecule has 0 unspecified atom stereocenters. The van der Waals surface area contributed by atoms with Crippen LogP contribution in [0.4, 0.5) is 14.5 Å². The van der Waals surface area contributed by atoms with Crippen molar-refractivity contribution in [1.29, 1.82) is 0 Å². The first-order chi connectivity index (χ1) is 13.4. The number of nitrogens with zero attached hydrogens (tertiary/aromatic N) is 4. The molecular formula is C18H17F2N5OS2. The number of anilines is 1. The Morgan fingerprint density at radius 3 is 2.75 bits per heavy atom. The van der Waals surface area contributed by atoms with Gasteiger partial charge >= 0.3 is 0 Å². The van der Waals surface area contributed by atoms with Gasteiger partial charge in [-0.25, -0.2) is 0 Å². The predicted molar refractivity (Wildman–Crippen MR) is 106 cm³/mol. The van der Waals surface area contributed by atoms with Crippen LogP contribution in [0.15, 0.2) is 52.5 Å². The third-order valence-corrected chi connectivity index (χ3v) is 5.44. The third kappa shape index (κ3) is 5.08. The number of alkyl halides is 2. The summed E-state index contributed by atoms with van der Waals surface area (Å²) in [6.07, 6.45) is 0. The number of para-hydroxylation sites is 1. The third-order valence-electron chi connectivity index (χ3n) is 3.73. The molecule has 1 N–H and O–H groups in total. The molecule has 1 heterocycles. The van der Waals surface area contributed by atoms with E-state index in [-0.39, 0.29) is 11.7 Å². The monoisotopic (exact) mass is 421 g/mol. The Morgan fingerprint density at radius 1 is 1.21 bits per heavy atom. The zero-order valence-corrected chi connectivity index (χ0v) is 16.7. The molecule has 2 aromatic carbocycles. The zero-order valence-electron chi connectivity index (χ0n) is 15.1. The smallest absolute Gasteiger partial charge is 0.288 e. The highest BCUT2D eigenvalue weighted by molar-refractivity contribution is 8.00. The van der Waals surface area contributed by atoms with Crippen LogP contribution in [0, 0.1) is 13.8 Å². The van der Waals surface area contributed by atoms with Crippen LogP contribution in [0.25, 0.3) is 5.69 Å². The van der Waals surface area contributed by atoms with Gasteiger partial charge in [-0.05, 0) is 48.0 Å². The molecule has 28 heavy (non-hydrogen) atoms. The summed E-state index contributed by atoms with van der Waals surface area (Å²) < 4.78 is 26.9. The van der Waals surface area contributed by atoms with Gasteiger partial charge in [-0.1, -0.05) is 53.4 Å². The van der Waals surface area contributed by atoms with Crippen molar-refractivity contribution < 1.29 is 13.6 Å². The normalized spacial score (nSPS) is 11.0. The number of aromatic nitrogens is 4. The highest BCUT2D eigenvalue weighted by Crippen LogP contribution is 2.31. The molecule has 0 saturated heterocycles. The lowest BCUT2D eigenvalue weighted by molar-refractivity contribution is -0.113. The summed E-state index contributed by atoms with van der Waals surface area (Å²) in [5, 5.41) is 14.8. The molecule has 0 spiro atoms. The standard InChI is InChI=1S/C18H17F2N5OS2/c1-11-7-8-14(12(2)9-11)25-18(22-23-24-25)27-10-16(26)21-13-5-3-4-6-15(13)28-17(19)20/h3-9,17H,10H2,1-2H3,(H,21,26). The Hall–Kier alpha value is -2.46. The molecule has 0 saturated carbocycles. The SMILES string of the molecule is Cc1ccc(-n2nnnc2SCC(=O)Nc2ccccc2SC(F)F)c(C)c1. The lowest BCUT2D eigenvalue weighted by atomic mass is 10.1. The predicted octanol–water partition coefficient (Wildman–Crippen LogP) is 4.32. The second kappa shape index (κ2) is 9.16. The van der Waals surface area contributed by atoms with Gasteiger partial charge in [0.2, 0.25) is 11.1 Å². The van der Waals surface area contributed by atoms with E-state index in [1.54, 1.807) is 28.9 Å². The summed E-state index contributed by atoms with van der Waals surface area (Å²) in [7, 11) is 0. The van der Waals surface area contributed by atoms with E-state index in [0.29, 0.717) is 27.5 Å². The van der Waals surface area contributed by atoms with Gasteiger partial charge in [0.15, 0.2) is 0 Å². The minimum atomic E-state index is -2.56. The first kappa shape index (κ1) is 20.3. The topological polar surface area (TPSA) is 72.7 Å². The number of tetrazole rings is 1. The van der Waals surface area contributed by atoms with Gasteiger partial charge in [0.1, 0.15) is 0 Å². The minimum Gasteiger partial charge on any atom is -0.324 e. The van der Waals surface area contributed by atoms with E-state index in [0.717, 1.165) is 16.8 Å². The minimum absolute atomic E-state index is 0.0406. The van der Waals surface area contributed by atoms with Gasteiger partial charge in [0.25, 0.3) is 5.76 Å². The molecule has 0 radical (unpaired) electrons. The lowest BCUT2D eigenvalue weighted by Gasteiger charge is -2.10. The van der Waals surface area contributed by atoms with Crippen LogP contribution in [0.1, 0.15) is 11.1 Å². The number of halogens is 2. The fraction of sp³-hybridized carbons (Fsp3) is 0.222. The first-order valence-electron chi connectivity index (χ1n) is 8.26. The summed E-state index contributed by atoms with van der Waals surface area (Å²) in [6.45, 7) is 3.96. The van der Waals surface area contributed by atoms with E-state index < -0.39 is 5.76 Å². The molecule has 1 amide bonds. The molecule has 0 aliphatic heterocycles. The summed E-state index contributed by atoms with van der Waals surface area (Å²) in [6, 6.07) is 12.4. The highest BCUT2D eigenvalue weighted by Gasteiger charge is 2.15.